The van der Waals surface area contributed by atoms with Crippen LogP contribution in [0.3, 0.4) is 0 Å². The number of halogens is 1. The largest absolute Gasteiger partial charge is 0.298 e. The van der Waals surface area contributed by atoms with Crippen molar-refractivity contribution in [1.82, 2.24) is 9.97 Å². The second kappa shape index (κ2) is 7.70. The predicted molar refractivity (Wildman–Crippen MR) is 110 cm³/mol. The lowest BCUT2D eigenvalue weighted by Gasteiger charge is -2.02. The van der Waals surface area contributed by atoms with Crippen molar-refractivity contribution in [1.29, 1.82) is 0 Å². The third-order valence-electron chi connectivity index (χ3n) is 3.93. The Hall–Kier alpha value is -3.02. The fraction of sp³-hybridized carbons (Fsp3) is 0. The number of amides is 1. The summed E-state index contributed by atoms with van der Waals surface area (Å²) >= 11 is 7.45. The molecule has 2 aromatic heterocycles. The summed E-state index contributed by atoms with van der Waals surface area (Å²) in [6, 6.07) is 23.2. The molecule has 2 aromatic carbocycles. The van der Waals surface area contributed by atoms with Gasteiger partial charge in [0, 0.05) is 11.8 Å². The van der Waals surface area contributed by atoms with Gasteiger partial charge in [0.05, 0.1) is 16.1 Å². The molecule has 0 bridgehead atoms. The molecule has 132 valence electrons. The molecule has 0 aliphatic carbocycles. The summed E-state index contributed by atoms with van der Waals surface area (Å²) in [5.41, 5.74) is 3.19. The minimum absolute atomic E-state index is 0.165. The third-order valence-corrected chi connectivity index (χ3v) is 5.26. The highest BCUT2D eigenvalue weighted by Crippen LogP contribution is 2.39. The number of aromatic nitrogens is 2. The summed E-state index contributed by atoms with van der Waals surface area (Å²) in [5, 5.41) is 3.52. The van der Waals surface area contributed by atoms with E-state index in [0.717, 1.165) is 21.7 Å². The highest BCUT2D eigenvalue weighted by Gasteiger charge is 2.18. The molecular formula is C21H14ClN3OS. The molecular weight excluding hydrogens is 378 g/mol. The topological polar surface area (TPSA) is 54.9 Å². The molecule has 0 saturated heterocycles. The molecule has 0 saturated carbocycles. The first-order valence-corrected chi connectivity index (χ1v) is 9.45. The molecule has 2 heterocycles. The first kappa shape index (κ1) is 17.4. The van der Waals surface area contributed by atoms with Crippen LogP contribution >= 0.6 is 22.9 Å². The van der Waals surface area contributed by atoms with Crippen molar-refractivity contribution >= 4 is 34.0 Å². The molecule has 0 atom stereocenters. The number of pyridine rings is 1. The van der Waals surface area contributed by atoms with Crippen LogP contribution in [0.25, 0.3) is 21.7 Å². The van der Waals surface area contributed by atoms with Crippen molar-refractivity contribution in [3.63, 3.8) is 0 Å². The van der Waals surface area contributed by atoms with E-state index in [2.05, 4.69) is 15.3 Å². The van der Waals surface area contributed by atoms with Gasteiger partial charge in [-0.3, -0.25) is 10.1 Å². The summed E-state index contributed by atoms with van der Waals surface area (Å²) in [7, 11) is 0. The Morgan fingerprint density at radius 1 is 0.889 bits per heavy atom. The fourth-order valence-electron chi connectivity index (χ4n) is 2.67. The fourth-order valence-corrected chi connectivity index (χ4v) is 3.86. The Kier molecular flexibility index (Phi) is 4.96. The highest BCUT2D eigenvalue weighted by molar-refractivity contribution is 7.19. The van der Waals surface area contributed by atoms with Gasteiger partial charge in [-0.2, -0.15) is 0 Å². The number of thiazole rings is 1. The van der Waals surface area contributed by atoms with Crippen molar-refractivity contribution in [3.8, 4) is 21.7 Å². The molecule has 0 aliphatic heterocycles. The van der Waals surface area contributed by atoms with Crippen LogP contribution in [-0.4, -0.2) is 15.9 Å². The van der Waals surface area contributed by atoms with Crippen LogP contribution in [-0.2, 0) is 0 Å². The number of carbonyl (C=O) groups excluding carboxylic acids is 1. The van der Waals surface area contributed by atoms with Gasteiger partial charge >= 0.3 is 0 Å². The van der Waals surface area contributed by atoms with Crippen LogP contribution in [0.4, 0.5) is 5.13 Å². The maximum absolute atomic E-state index is 12.6. The zero-order valence-corrected chi connectivity index (χ0v) is 15.7. The average molecular weight is 392 g/mol. The second-order valence-electron chi connectivity index (χ2n) is 5.72. The van der Waals surface area contributed by atoms with Crippen LogP contribution in [0.1, 0.15) is 10.4 Å². The van der Waals surface area contributed by atoms with E-state index in [9.17, 15) is 4.79 Å². The SMILES string of the molecule is O=C(Nc1nc(-c2ccccc2)c(-c2ccccc2)s1)c1cccnc1Cl. The Balaban J connectivity index is 1.74. The van der Waals surface area contributed by atoms with E-state index in [-0.39, 0.29) is 11.1 Å². The lowest BCUT2D eigenvalue weighted by atomic mass is 10.1. The molecule has 0 fully saturated rings. The molecule has 4 nitrogen and oxygen atoms in total. The molecule has 27 heavy (non-hydrogen) atoms. The maximum atomic E-state index is 12.6. The summed E-state index contributed by atoms with van der Waals surface area (Å²) in [6.45, 7) is 0. The smallest absolute Gasteiger partial charge is 0.260 e. The third kappa shape index (κ3) is 3.74. The Morgan fingerprint density at radius 2 is 1.56 bits per heavy atom. The molecule has 4 rings (SSSR count). The molecule has 0 radical (unpaired) electrons. The number of carbonyl (C=O) groups is 1. The number of hydrogen-bond donors (Lipinski definition) is 1. The molecule has 0 spiro atoms. The van der Waals surface area contributed by atoms with Gasteiger partial charge in [0.25, 0.3) is 5.91 Å². The zero-order chi connectivity index (χ0) is 18.6. The van der Waals surface area contributed by atoms with E-state index in [0.29, 0.717) is 10.7 Å². The van der Waals surface area contributed by atoms with E-state index in [1.807, 2.05) is 60.7 Å². The van der Waals surface area contributed by atoms with Gasteiger partial charge in [0.2, 0.25) is 0 Å². The number of hydrogen-bond acceptors (Lipinski definition) is 4. The zero-order valence-electron chi connectivity index (χ0n) is 14.1. The van der Waals surface area contributed by atoms with Gasteiger partial charge in [-0.05, 0) is 17.7 Å². The van der Waals surface area contributed by atoms with E-state index in [4.69, 9.17) is 11.6 Å². The molecule has 4 aromatic rings. The Bertz CT molecular complexity index is 1020. The number of nitrogens with zero attached hydrogens (tertiary/aromatic N) is 2. The molecule has 0 aliphatic rings. The lowest BCUT2D eigenvalue weighted by molar-refractivity contribution is 0.102. The van der Waals surface area contributed by atoms with Crippen LogP contribution in [0.15, 0.2) is 79.0 Å². The molecule has 0 unspecified atom stereocenters. The quantitative estimate of drug-likeness (QED) is 0.449. The van der Waals surface area contributed by atoms with Crippen LogP contribution in [0.2, 0.25) is 5.15 Å². The summed E-state index contributed by atoms with van der Waals surface area (Å²) < 4.78 is 0. The van der Waals surface area contributed by atoms with E-state index in [1.165, 1.54) is 11.3 Å². The van der Waals surface area contributed by atoms with Crippen molar-refractivity contribution in [2.75, 3.05) is 5.32 Å². The molecule has 1 N–H and O–H groups in total. The minimum atomic E-state index is -0.332. The molecule has 6 heteroatoms. The van der Waals surface area contributed by atoms with E-state index in [1.54, 1.807) is 18.3 Å². The first-order valence-electron chi connectivity index (χ1n) is 8.26. The monoisotopic (exact) mass is 391 g/mol. The normalized spacial score (nSPS) is 10.6. The average Bonchev–Trinajstić information content (AvgIpc) is 3.13. The standard InChI is InChI=1S/C21H14ClN3OS/c22-19-16(12-7-13-23-19)20(26)25-21-24-17(14-8-3-1-4-9-14)18(27-21)15-10-5-2-6-11-15/h1-13H,(H,24,25,26). The van der Waals surface area contributed by atoms with Crippen molar-refractivity contribution < 1.29 is 4.79 Å². The lowest BCUT2D eigenvalue weighted by Crippen LogP contribution is -2.12. The van der Waals surface area contributed by atoms with Crippen LogP contribution < -0.4 is 5.32 Å². The predicted octanol–water partition coefficient (Wildman–Crippen LogP) is 5.78. The van der Waals surface area contributed by atoms with E-state index < -0.39 is 0 Å². The van der Waals surface area contributed by atoms with Gasteiger partial charge in [-0.15, -0.1) is 0 Å². The maximum Gasteiger partial charge on any atom is 0.260 e. The van der Waals surface area contributed by atoms with Crippen LogP contribution in [0.5, 0.6) is 0 Å². The molecule has 1 amide bonds. The van der Waals surface area contributed by atoms with Crippen molar-refractivity contribution in [2.45, 2.75) is 0 Å². The number of nitrogens with one attached hydrogen (secondary N) is 1. The van der Waals surface area contributed by atoms with Gasteiger partial charge in [-0.25, -0.2) is 9.97 Å². The van der Waals surface area contributed by atoms with E-state index >= 15 is 0 Å². The summed E-state index contributed by atoms with van der Waals surface area (Å²) in [4.78, 5) is 22.2. The summed E-state index contributed by atoms with van der Waals surface area (Å²) in [5.74, 6) is -0.332. The van der Waals surface area contributed by atoms with Gasteiger partial charge < -0.3 is 0 Å². The highest BCUT2D eigenvalue weighted by atomic mass is 35.5. The number of rotatable bonds is 4. The van der Waals surface area contributed by atoms with Crippen LogP contribution in [0, 0.1) is 0 Å². The number of anilines is 1. The summed E-state index contributed by atoms with van der Waals surface area (Å²) in [6.07, 6.45) is 1.55. The minimum Gasteiger partial charge on any atom is -0.298 e. The second-order valence-corrected chi connectivity index (χ2v) is 7.08. The Morgan fingerprint density at radius 3 is 2.22 bits per heavy atom. The van der Waals surface area contributed by atoms with Crippen molar-refractivity contribution in [2.24, 2.45) is 0 Å². The number of benzene rings is 2. The van der Waals surface area contributed by atoms with Gasteiger partial charge in [0.15, 0.2) is 5.13 Å². The van der Waals surface area contributed by atoms with Crippen molar-refractivity contribution in [3.05, 3.63) is 89.7 Å². The first-order chi connectivity index (χ1) is 13.2. The van der Waals surface area contributed by atoms with Gasteiger partial charge in [-0.1, -0.05) is 83.6 Å². The Labute approximate surface area is 165 Å². The van der Waals surface area contributed by atoms with Gasteiger partial charge in [0.1, 0.15) is 5.15 Å².